The normalized spacial score (nSPS) is 24.4. The molecule has 2 atom stereocenters. The maximum Gasteiger partial charge on any atom is 0.255 e. The maximum atomic E-state index is 12.7. The van der Waals surface area contributed by atoms with Gasteiger partial charge in [0.1, 0.15) is 0 Å². The topological polar surface area (TPSA) is 32.3 Å². The van der Waals surface area contributed by atoms with Crippen LogP contribution < -0.4 is 5.32 Å². The molecule has 1 amide bonds. The van der Waals surface area contributed by atoms with E-state index in [1.54, 1.807) is 11.8 Å². The minimum absolute atomic E-state index is 0. The van der Waals surface area contributed by atoms with Gasteiger partial charge in [-0.2, -0.15) is 0 Å². The van der Waals surface area contributed by atoms with Crippen LogP contribution in [0.2, 0.25) is 5.02 Å². The molecule has 1 aromatic rings. The maximum absolute atomic E-state index is 12.7. The first-order valence-electron chi connectivity index (χ1n) is 7.02. The summed E-state index contributed by atoms with van der Waals surface area (Å²) in [7, 11) is 0. The van der Waals surface area contributed by atoms with Gasteiger partial charge in [0, 0.05) is 18.0 Å². The molecule has 2 unspecified atom stereocenters. The molecule has 116 valence electrons. The number of halogens is 2. The average molecular weight is 347 g/mol. The van der Waals surface area contributed by atoms with E-state index in [-0.39, 0.29) is 18.3 Å². The molecule has 0 radical (unpaired) electrons. The van der Waals surface area contributed by atoms with Crippen LogP contribution in [-0.2, 0) is 0 Å². The Morgan fingerprint density at radius 3 is 2.90 bits per heavy atom. The van der Waals surface area contributed by atoms with E-state index in [2.05, 4.69) is 5.32 Å². The van der Waals surface area contributed by atoms with Crippen molar-refractivity contribution in [2.75, 3.05) is 32.4 Å². The Balaban J connectivity index is 0.00000161. The Morgan fingerprint density at radius 2 is 2.14 bits per heavy atom. The van der Waals surface area contributed by atoms with Gasteiger partial charge in [-0.15, -0.1) is 24.2 Å². The molecule has 6 heteroatoms. The number of hydrogen-bond donors (Lipinski definition) is 1. The highest BCUT2D eigenvalue weighted by atomic mass is 35.5. The molecule has 2 aliphatic rings. The standard InChI is InChI=1S/C15H19ClN2OS.ClH/c1-20-12-2-3-14(16)13(6-12)15(19)18-5-4-10-7-17-8-11(10)9-18;/h2-3,6,10-11,17H,4-5,7-9H2,1H3;1H. The number of thioether (sulfide) groups is 1. The molecule has 2 saturated heterocycles. The van der Waals surface area contributed by atoms with Crippen molar-refractivity contribution in [1.82, 2.24) is 10.2 Å². The molecule has 2 heterocycles. The lowest BCUT2D eigenvalue weighted by atomic mass is 9.88. The monoisotopic (exact) mass is 346 g/mol. The molecule has 3 rings (SSSR count). The van der Waals surface area contributed by atoms with Crippen molar-refractivity contribution in [1.29, 1.82) is 0 Å². The van der Waals surface area contributed by atoms with Crippen molar-refractivity contribution in [3.63, 3.8) is 0 Å². The quantitative estimate of drug-likeness (QED) is 0.834. The number of benzene rings is 1. The molecular weight excluding hydrogens is 327 g/mol. The number of piperidine rings is 1. The average Bonchev–Trinajstić information content (AvgIpc) is 2.94. The molecule has 0 spiro atoms. The molecule has 3 nitrogen and oxygen atoms in total. The predicted molar refractivity (Wildman–Crippen MR) is 90.9 cm³/mol. The zero-order valence-corrected chi connectivity index (χ0v) is 14.4. The number of rotatable bonds is 2. The van der Waals surface area contributed by atoms with Gasteiger partial charge in [-0.1, -0.05) is 11.6 Å². The van der Waals surface area contributed by atoms with Crippen LogP contribution in [0.1, 0.15) is 16.8 Å². The van der Waals surface area contributed by atoms with Crippen molar-refractivity contribution in [2.24, 2.45) is 11.8 Å². The zero-order valence-electron chi connectivity index (χ0n) is 12.0. The summed E-state index contributed by atoms with van der Waals surface area (Å²) in [6, 6.07) is 5.69. The fourth-order valence-electron chi connectivity index (χ4n) is 3.18. The van der Waals surface area contributed by atoms with Crippen LogP contribution in [0.25, 0.3) is 0 Å². The van der Waals surface area contributed by atoms with E-state index in [4.69, 9.17) is 11.6 Å². The van der Waals surface area contributed by atoms with Gasteiger partial charge in [0.05, 0.1) is 10.6 Å². The summed E-state index contributed by atoms with van der Waals surface area (Å²) in [6.45, 7) is 3.85. The fourth-order valence-corrected chi connectivity index (χ4v) is 3.82. The third-order valence-electron chi connectivity index (χ3n) is 4.40. The van der Waals surface area contributed by atoms with E-state index in [0.29, 0.717) is 16.5 Å². The van der Waals surface area contributed by atoms with Crippen LogP contribution in [0.15, 0.2) is 23.1 Å². The van der Waals surface area contributed by atoms with Gasteiger partial charge < -0.3 is 10.2 Å². The zero-order chi connectivity index (χ0) is 14.1. The summed E-state index contributed by atoms with van der Waals surface area (Å²) >= 11 is 7.84. The van der Waals surface area contributed by atoms with Gasteiger partial charge in [-0.05, 0) is 55.8 Å². The number of hydrogen-bond acceptors (Lipinski definition) is 3. The number of carbonyl (C=O) groups excluding carboxylic acids is 1. The van der Waals surface area contributed by atoms with Gasteiger partial charge in [0.15, 0.2) is 0 Å². The number of likely N-dealkylation sites (tertiary alicyclic amines) is 1. The second-order valence-electron chi connectivity index (χ2n) is 5.56. The molecule has 0 aliphatic carbocycles. The minimum atomic E-state index is 0. The van der Waals surface area contributed by atoms with Crippen LogP contribution >= 0.6 is 35.8 Å². The second-order valence-corrected chi connectivity index (χ2v) is 6.85. The Morgan fingerprint density at radius 1 is 1.38 bits per heavy atom. The molecular formula is C15H20Cl2N2OS. The van der Waals surface area contributed by atoms with E-state index < -0.39 is 0 Å². The molecule has 2 fully saturated rings. The van der Waals surface area contributed by atoms with Gasteiger partial charge >= 0.3 is 0 Å². The van der Waals surface area contributed by atoms with Crippen LogP contribution in [0.3, 0.4) is 0 Å². The lowest BCUT2D eigenvalue weighted by Gasteiger charge is -2.34. The SMILES string of the molecule is CSc1ccc(Cl)c(C(=O)N2CCC3CNCC3C2)c1.Cl. The minimum Gasteiger partial charge on any atom is -0.338 e. The Bertz CT molecular complexity index is 526. The summed E-state index contributed by atoms with van der Waals surface area (Å²) in [4.78, 5) is 15.7. The molecule has 2 aliphatic heterocycles. The highest BCUT2D eigenvalue weighted by Gasteiger charge is 2.35. The largest absolute Gasteiger partial charge is 0.338 e. The first-order valence-corrected chi connectivity index (χ1v) is 8.63. The van der Waals surface area contributed by atoms with E-state index >= 15 is 0 Å². The lowest BCUT2D eigenvalue weighted by Crippen LogP contribution is -2.43. The van der Waals surface area contributed by atoms with Crippen molar-refractivity contribution >= 4 is 41.7 Å². The predicted octanol–water partition coefficient (Wildman–Crippen LogP) is 3.17. The summed E-state index contributed by atoms with van der Waals surface area (Å²) in [6.07, 6.45) is 3.11. The van der Waals surface area contributed by atoms with E-state index in [0.717, 1.165) is 43.4 Å². The van der Waals surface area contributed by atoms with Crippen molar-refractivity contribution in [3.8, 4) is 0 Å². The molecule has 0 aromatic heterocycles. The molecule has 1 aromatic carbocycles. The Kier molecular flexibility index (Phi) is 5.83. The van der Waals surface area contributed by atoms with Crippen molar-refractivity contribution in [3.05, 3.63) is 28.8 Å². The number of carbonyl (C=O) groups is 1. The smallest absolute Gasteiger partial charge is 0.255 e. The highest BCUT2D eigenvalue weighted by molar-refractivity contribution is 7.98. The lowest BCUT2D eigenvalue weighted by molar-refractivity contribution is 0.0642. The summed E-state index contributed by atoms with van der Waals surface area (Å²) < 4.78 is 0. The van der Waals surface area contributed by atoms with Crippen LogP contribution in [0.5, 0.6) is 0 Å². The number of fused-ring (bicyclic) bond motifs is 1. The van der Waals surface area contributed by atoms with Crippen LogP contribution in [-0.4, -0.2) is 43.2 Å². The molecule has 0 saturated carbocycles. The Hall–Kier alpha value is -0.420. The van der Waals surface area contributed by atoms with E-state index in [1.807, 2.05) is 29.4 Å². The first-order chi connectivity index (χ1) is 9.69. The van der Waals surface area contributed by atoms with Crippen LogP contribution in [0, 0.1) is 11.8 Å². The second kappa shape index (κ2) is 7.23. The number of amides is 1. The third kappa shape index (κ3) is 3.50. The van der Waals surface area contributed by atoms with Crippen molar-refractivity contribution < 1.29 is 4.79 Å². The molecule has 21 heavy (non-hydrogen) atoms. The Labute approximate surface area is 141 Å². The number of nitrogens with one attached hydrogen (secondary N) is 1. The summed E-state index contributed by atoms with van der Waals surface area (Å²) in [5.74, 6) is 1.43. The summed E-state index contributed by atoms with van der Waals surface area (Å²) in [5, 5.41) is 3.98. The highest BCUT2D eigenvalue weighted by Crippen LogP contribution is 2.29. The third-order valence-corrected chi connectivity index (χ3v) is 5.45. The van der Waals surface area contributed by atoms with Gasteiger partial charge in [0.25, 0.3) is 5.91 Å². The fraction of sp³-hybridized carbons (Fsp3) is 0.533. The van der Waals surface area contributed by atoms with Gasteiger partial charge in [0.2, 0.25) is 0 Å². The van der Waals surface area contributed by atoms with Gasteiger partial charge in [-0.25, -0.2) is 0 Å². The summed E-state index contributed by atoms with van der Waals surface area (Å²) in [5.41, 5.74) is 0.642. The first kappa shape index (κ1) is 16.9. The number of nitrogens with zero attached hydrogens (tertiary/aromatic N) is 1. The van der Waals surface area contributed by atoms with Gasteiger partial charge in [-0.3, -0.25) is 4.79 Å². The van der Waals surface area contributed by atoms with Crippen molar-refractivity contribution in [2.45, 2.75) is 11.3 Å². The molecule has 1 N–H and O–H groups in total. The van der Waals surface area contributed by atoms with Crippen LogP contribution in [0.4, 0.5) is 0 Å². The van der Waals surface area contributed by atoms with E-state index in [9.17, 15) is 4.79 Å². The van der Waals surface area contributed by atoms with E-state index in [1.165, 1.54) is 0 Å². The molecule has 0 bridgehead atoms.